The molecule has 17 heavy (non-hydrogen) atoms. The van der Waals surface area contributed by atoms with Crippen LogP contribution in [0.15, 0.2) is 0 Å². The third-order valence-electron chi connectivity index (χ3n) is 5.47. The van der Waals surface area contributed by atoms with Crippen molar-refractivity contribution in [1.29, 1.82) is 0 Å². The molecule has 3 heteroatoms. The van der Waals surface area contributed by atoms with Crippen molar-refractivity contribution in [2.45, 2.75) is 64.1 Å². The fraction of sp³-hybridized carbons (Fsp3) is 0.929. The van der Waals surface area contributed by atoms with E-state index in [0.29, 0.717) is 18.3 Å². The second kappa shape index (κ2) is 3.47. The number of rotatable bonds is 0. The van der Waals surface area contributed by atoms with Crippen molar-refractivity contribution in [1.82, 2.24) is 0 Å². The van der Waals surface area contributed by atoms with Gasteiger partial charge in [-0.3, -0.25) is 4.79 Å². The fourth-order valence-electron chi connectivity index (χ4n) is 4.60. The highest BCUT2D eigenvalue weighted by molar-refractivity contribution is 5.72. The Kier molecular flexibility index (Phi) is 2.35. The molecule has 3 fully saturated rings. The van der Waals surface area contributed by atoms with Crippen molar-refractivity contribution in [3.05, 3.63) is 0 Å². The number of aliphatic hydroxyl groups is 1. The van der Waals surface area contributed by atoms with E-state index in [1.807, 2.05) is 6.92 Å². The van der Waals surface area contributed by atoms with E-state index in [9.17, 15) is 9.90 Å². The zero-order valence-corrected chi connectivity index (χ0v) is 10.7. The summed E-state index contributed by atoms with van der Waals surface area (Å²) in [4.78, 5) is 11.4. The number of esters is 1. The van der Waals surface area contributed by atoms with Gasteiger partial charge in [0.25, 0.3) is 0 Å². The van der Waals surface area contributed by atoms with E-state index < -0.39 is 5.60 Å². The molecule has 0 aromatic rings. The molecule has 1 N–H and O–H groups in total. The SMILES string of the molecule is C[C@]12CCC[C@](C)(O)[C@@H]1C[C@@H]1CC(=O)O[C@@H]1C2. The molecule has 0 aromatic carbocycles. The van der Waals surface area contributed by atoms with Gasteiger partial charge in [-0.2, -0.15) is 0 Å². The Morgan fingerprint density at radius 1 is 1.35 bits per heavy atom. The van der Waals surface area contributed by atoms with Gasteiger partial charge in [-0.1, -0.05) is 13.3 Å². The van der Waals surface area contributed by atoms with Crippen molar-refractivity contribution in [2.75, 3.05) is 0 Å². The van der Waals surface area contributed by atoms with Crippen molar-refractivity contribution in [2.24, 2.45) is 17.3 Å². The maximum absolute atomic E-state index is 11.4. The number of carbonyl (C=O) groups is 1. The highest BCUT2D eigenvalue weighted by Crippen LogP contribution is 2.57. The lowest BCUT2D eigenvalue weighted by molar-refractivity contribution is -0.155. The lowest BCUT2D eigenvalue weighted by atomic mass is 9.53. The molecule has 2 saturated carbocycles. The molecular formula is C14H22O3. The number of fused-ring (bicyclic) bond motifs is 2. The maximum Gasteiger partial charge on any atom is 0.306 e. The Bertz CT molecular complexity index is 349. The van der Waals surface area contributed by atoms with E-state index in [2.05, 4.69) is 6.92 Å². The Morgan fingerprint density at radius 3 is 2.88 bits per heavy atom. The predicted octanol–water partition coefficient (Wildman–Crippen LogP) is 2.27. The summed E-state index contributed by atoms with van der Waals surface area (Å²) in [6.07, 6.45) is 5.74. The Hall–Kier alpha value is -0.570. The summed E-state index contributed by atoms with van der Waals surface area (Å²) in [5, 5.41) is 10.6. The van der Waals surface area contributed by atoms with E-state index in [1.165, 1.54) is 0 Å². The highest BCUT2D eigenvalue weighted by atomic mass is 16.5. The van der Waals surface area contributed by atoms with E-state index >= 15 is 0 Å². The van der Waals surface area contributed by atoms with Gasteiger partial charge < -0.3 is 9.84 Å². The zero-order chi connectivity index (χ0) is 12.3. The van der Waals surface area contributed by atoms with Gasteiger partial charge in [-0.15, -0.1) is 0 Å². The Labute approximate surface area is 103 Å². The Morgan fingerprint density at radius 2 is 2.12 bits per heavy atom. The minimum absolute atomic E-state index is 0.0399. The molecule has 0 bridgehead atoms. The summed E-state index contributed by atoms with van der Waals surface area (Å²) in [6.45, 7) is 4.25. The normalized spacial score (nSPS) is 53.8. The summed E-state index contributed by atoms with van der Waals surface area (Å²) < 4.78 is 5.43. The molecule has 0 radical (unpaired) electrons. The largest absolute Gasteiger partial charge is 0.462 e. The summed E-state index contributed by atoms with van der Waals surface area (Å²) in [5.41, 5.74) is -0.392. The topological polar surface area (TPSA) is 46.5 Å². The molecule has 0 aromatic heterocycles. The quantitative estimate of drug-likeness (QED) is 0.658. The number of ether oxygens (including phenoxy) is 1. The predicted molar refractivity (Wildman–Crippen MR) is 63.3 cm³/mol. The maximum atomic E-state index is 11.4. The van der Waals surface area contributed by atoms with Gasteiger partial charge >= 0.3 is 5.97 Å². The number of carbonyl (C=O) groups excluding carboxylic acids is 1. The number of hydrogen-bond acceptors (Lipinski definition) is 3. The monoisotopic (exact) mass is 238 g/mol. The fourth-order valence-corrected chi connectivity index (χ4v) is 4.60. The summed E-state index contributed by atoms with van der Waals surface area (Å²) in [5.74, 6) is 0.645. The first-order valence-corrected chi connectivity index (χ1v) is 6.83. The van der Waals surface area contributed by atoms with Crippen LogP contribution in [0.5, 0.6) is 0 Å². The van der Waals surface area contributed by atoms with Crippen molar-refractivity contribution >= 4 is 5.97 Å². The second-order valence-electron chi connectivity index (χ2n) is 6.85. The lowest BCUT2D eigenvalue weighted by Gasteiger charge is -2.54. The molecule has 5 atom stereocenters. The van der Waals surface area contributed by atoms with Crippen molar-refractivity contribution in [3.8, 4) is 0 Å². The summed E-state index contributed by atoms with van der Waals surface area (Å²) in [7, 11) is 0. The van der Waals surface area contributed by atoms with Crippen LogP contribution in [0, 0.1) is 17.3 Å². The summed E-state index contributed by atoms with van der Waals surface area (Å²) >= 11 is 0. The number of hydrogen-bond donors (Lipinski definition) is 1. The van der Waals surface area contributed by atoms with Crippen molar-refractivity contribution < 1.29 is 14.6 Å². The minimum atomic E-state index is -0.552. The van der Waals surface area contributed by atoms with Crippen LogP contribution >= 0.6 is 0 Å². The van der Waals surface area contributed by atoms with Gasteiger partial charge in [0.05, 0.1) is 12.0 Å². The van der Waals surface area contributed by atoms with Gasteiger partial charge in [0, 0.05) is 5.92 Å². The third-order valence-corrected chi connectivity index (χ3v) is 5.47. The average molecular weight is 238 g/mol. The standard InChI is InChI=1S/C14H22O3/c1-13-4-3-5-14(2,16)11(13)6-9-7-12(15)17-10(9)8-13/h9-11,16H,3-8H2,1-2H3/t9-,10-,11-,13-,14+/m1/s1. The lowest BCUT2D eigenvalue weighted by Crippen LogP contribution is -2.53. The third kappa shape index (κ3) is 1.70. The molecule has 1 saturated heterocycles. The van der Waals surface area contributed by atoms with Crippen LogP contribution < -0.4 is 0 Å². The first-order valence-electron chi connectivity index (χ1n) is 6.83. The van der Waals surface area contributed by atoms with Crippen LogP contribution in [-0.4, -0.2) is 22.8 Å². The molecule has 3 rings (SSSR count). The molecule has 0 amide bonds. The van der Waals surface area contributed by atoms with E-state index in [0.717, 1.165) is 32.1 Å². The molecule has 1 heterocycles. The van der Waals surface area contributed by atoms with Crippen LogP contribution in [0.3, 0.4) is 0 Å². The smallest absolute Gasteiger partial charge is 0.306 e. The van der Waals surface area contributed by atoms with Gasteiger partial charge in [-0.05, 0) is 43.9 Å². The van der Waals surface area contributed by atoms with Crippen LogP contribution in [0.1, 0.15) is 52.4 Å². The Balaban J connectivity index is 1.88. The van der Waals surface area contributed by atoms with E-state index in [1.54, 1.807) is 0 Å². The van der Waals surface area contributed by atoms with Gasteiger partial charge in [0.1, 0.15) is 6.10 Å². The molecule has 1 aliphatic heterocycles. The first-order chi connectivity index (χ1) is 7.91. The summed E-state index contributed by atoms with van der Waals surface area (Å²) in [6, 6.07) is 0. The molecule has 0 unspecified atom stereocenters. The van der Waals surface area contributed by atoms with Gasteiger partial charge in [-0.25, -0.2) is 0 Å². The van der Waals surface area contributed by atoms with Crippen LogP contribution in [0.2, 0.25) is 0 Å². The van der Waals surface area contributed by atoms with E-state index in [-0.39, 0.29) is 17.5 Å². The average Bonchev–Trinajstić information content (AvgIpc) is 2.53. The van der Waals surface area contributed by atoms with Gasteiger partial charge in [0.15, 0.2) is 0 Å². The molecule has 0 spiro atoms. The van der Waals surface area contributed by atoms with Crippen LogP contribution in [-0.2, 0) is 9.53 Å². The molecular weight excluding hydrogens is 216 g/mol. The molecule has 2 aliphatic carbocycles. The molecule has 3 nitrogen and oxygen atoms in total. The minimum Gasteiger partial charge on any atom is -0.462 e. The van der Waals surface area contributed by atoms with Crippen LogP contribution in [0.25, 0.3) is 0 Å². The van der Waals surface area contributed by atoms with Crippen molar-refractivity contribution in [3.63, 3.8) is 0 Å². The van der Waals surface area contributed by atoms with Gasteiger partial charge in [0.2, 0.25) is 0 Å². The molecule has 96 valence electrons. The van der Waals surface area contributed by atoms with E-state index in [4.69, 9.17) is 4.74 Å². The molecule has 3 aliphatic rings. The van der Waals surface area contributed by atoms with Crippen LogP contribution in [0.4, 0.5) is 0 Å². The highest BCUT2D eigenvalue weighted by Gasteiger charge is 2.56. The second-order valence-corrected chi connectivity index (χ2v) is 6.85. The zero-order valence-electron chi connectivity index (χ0n) is 10.7. The first kappa shape index (κ1) is 11.5.